The average molecular weight is 170 g/mol. The van der Waals surface area contributed by atoms with Gasteiger partial charge in [-0.3, -0.25) is 4.90 Å². The van der Waals surface area contributed by atoms with Crippen LogP contribution in [0.5, 0.6) is 0 Å². The highest BCUT2D eigenvalue weighted by molar-refractivity contribution is 4.88. The number of ether oxygens (including phenoxy) is 1. The molecule has 1 unspecified atom stereocenters. The predicted octanol–water partition coefficient (Wildman–Crippen LogP) is 0.0690. The van der Waals surface area contributed by atoms with Gasteiger partial charge in [-0.2, -0.15) is 0 Å². The van der Waals surface area contributed by atoms with Crippen LogP contribution in [0.1, 0.15) is 13.3 Å². The fourth-order valence-corrected chi connectivity index (χ4v) is 2.18. The van der Waals surface area contributed by atoms with Gasteiger partial charge in [-0.25, -0.2) is 0 Å². The van der Waals surface area contributed by atoms with Gasteiger partial charge in [0, 0.05) is 19.1 Å². The van der Waals surface area contributed by atoms with Gasteiger partial charge in [0.05, 0.1) is 12.7 Å². The number of hydrogen-bond acceptors (Lipinski definition) is 3. The van der Waals surface area contributed by atoms with E-state index >= 15 is 0 Å². The van der Waals surface area contributed by atoms with E-state index in [-0.39, 0.29) is 0 Å². The highest BCUT2D eigenvalue weighted by atomic mass is 16.5. The molecule has 2 aliphatic heterocycles. The lowest BCUT2D eigenvalue weighted by molar-refractivity contribution is -0.0716. The second-order valence-electron chi connectivity index (χ2n) is 3.66. The van der Waals surface area contributed by atoms with Gasteiger partial charge in [0.1, 0.15) is 0 Å². The van der Waals surface area contributed by atoms with Crippen LogP contribution in [-0.4, -0.2) is 49.8 Å². The summed E-state index contributed by atoms with van der Waals surface area (Å²) in [5, 5.41) is 3.49. The molecule has 0 aromatic carbocycles. The van der Waals surface area contributed by atoms with Gasteiger partial charge in [0.25, 0.3) is 0 Å². The zero-order chi connectivity index (χ0) is 8.39. The molecule has 2 rings (SSSR count). The van der Waals surface area contributed by atoms with E-state index in [1.807, 2.05) is 0 Å². The first-order valence-corrected chi connectivity index (χ1v) is 4.97. The molecular formula is C9H18N2O. The van der Waals surface area contributed by atoms with Crippen molar-refractivity contribution in [3.63, 3.8) is 0 Å². The molecule has 2 saturated heterocycles. The number of rotatable bonds is 2. The molecule has 3 nitrogen and oxygen atoms in total. The Bertz CT molecular complexity index is 149. The SMILES string of the molecule is CCN[C@H]1CCN2CCO[C@H]1C2. The van der Waals surface area contributed by atoms with E-state index in [1.54, 1.807) is 0 Å². The molecular weight excluding hydrogens is 152 g/mol. The van der Waals surface area contributed by atoms with E-state index in [0.717, 1.165) is 26.2 Å². The number of nitrogens with zero attached hydrogens (tertiary/aromatic N) is 1. The van der Waals surface area contributed by atoms with Crippen molar-refractivity contribution < 1.29 is 4.74 Å². The molecule has 2 fully saturated rings. The van der Waals surface area contributed by atoms with E-state index in [9.17, 15) is 0 Å². The lowest BCUT2D eigenvalue weighted by Gasteiger charge is -2.42. The highest BCUT2D eigenvalue weighted by Gasteiger charge is 2.31. The number of hydrogen-bond donors (Lipinski definition) is 1. The first kappa shape index (κ1) is 8.48. The van der Waals surface area contributed by atoms with Crippen LogP contribution in [0.4, 0.5) is 0 Å². The monoisotopic (exact) mass is 170 g/mol. The van der Waals surface area contributed by atoms with Crippen LogP contribution >= 0.6 is 0 Å². The molecule has 3 atom stereocenters. The van der Waals surface area contributed by atoms with Gasteiger partial charge in [-0.15, -0.1) is 0 Å². The van der Waals surface area contributed by atoms with Crippen molar-refractivity contribution in [1.29, 1.82) is 0 Å². The van der Waals surface area contributed by atoms with Crippen molar-refractivity contribution in [3.05, 3.63) is 0 Å². The Morgan fingerprint density at radius 3 is 3.25 bits per heavy atom. The molecule has 0 aromatic rings. The van der Waals surface area contributed by atoms with Crippen LogP contribution in [0.15, 0.2) is 0 Å². The summed E-state index contributed by atoms with van der Waals surface area (Å²) in [4.78, 5) is 2.50. The summed E-state index contributed by atoms with van der Waals surface area (Å²) in [6.45, 7) is 7.66. The van der Waals surface area contributed by atoms with E-state index < -0.39 is 0 Å². The number of morpholine rings is 1. The maximum absolute atomic E-state index is 5.71. The lowest BCUT2D eigenvalue weighted by atomic mass is 10.0. The summed E-state index contributed by atoms with van der Waals surface area (Å²) in [7, 11) is 0. The third kappa shape index (κ3) is 1.63. The van der Waals surface area contributed by atoms with Crippen molar-refractivity contribution in [2.45, 2.75) is 25.5 Å². The maximum Gasteiger partial charge on any atom is 0.0855 e. The van der Waals surface area contributed by atoms with Crippen molar-refractivity contribution in [3.8, 4) is 0 Å². The Hall–Kier alpha value is -0.120. The third-order valence-corrected chi connectivity index (χ3v) is 2.85. The zero-order valence-corrected chi connectivity index (χ0v) is 7.75. The van der Waals surface area contributed by atoms with Gasteiger partial charge < -0.3 is 10.1 Å². The van der Waals surface area contributed by atoms with E-state index in [0.29, 0.717) is 12.1 Å². The number of fused-ring (bicyclic) bond motifs is 2. The molecule has 0 saturated carbocycles. The quantitative estimate of drug-likeness (QED) is 0.634. The van der Waals surface area contributed by atoms with E-state index in [4.69, 9.17) is 4.74 Å². The predicted molar refractivity (Wildman–Crippen MR) is 48.3 cm³/mol. The molecule has 70 valence electrons. The van der Waals surface area contributed by atoms with Crippen molar-refractivity contribution in [2.24, 2.45) is 0 Å². The van der Waals surface area contributed by atoms with Gasteiger partial charge in [-0.05, 0) is 19.5 Å². The summed E-state index contributed by atoms with van der Waals surface area (Å²) in [5.41, 5.74) is 0. The minimum absolute atomic E-state index is 0.451. The second-order valence-corrected chi connectivity index (χ2v) is 3.66. The van der Waals surface area contributed by atoms with Crippen molar-refractivity contribution in [2.75, 3.05) is 32.8 Å². The van der Waals surface area contributed by atoms with Crippen LogP contribution in [-0.2, 0) is 4.74 Å². The maximum atomic E-state index is 5.71. The molecule has 12 heavy (non-hydrogen) atoms. The van der Waals surface area contributed by atoms with Crippen LogP contribution in [0.2, 0.25) is 0 Å². The Balaban J connectivity index is 1.90. The van der Waals surface area contributed by atoms with Crippen LogP contribution in [0.3, 0.4) is 0 Å². The topological polar surface area (TPSA) is 24.5 Å². The minimum Gasteiger partial charge on any atom is -0.374 e. The molecule has 0 aromatic heterocycles. The van der Waals surface area contributed by atoms with Crippen molar-refractivity contribution >= 4 is 0 Å². The molecule has 1 N–H and O–H groups in total. The molecule has 2 bridgehead atoms. The summed E-state index contributed by atoms with van der Waals surface area (Å²) in [5.74, 6) is 0. The highest BCUT2D eigenvalue weighted by Crippen LogP contribution is 2.17. The molecule has 2 aliphatic rings. The number of nitrogens with one attached hydrogen (secondary N) is 1. The summed E-state index contributed by atoms with van der Waals surface area (Å²) < 4.78 is 5.71. The summed E-state index contributed by atoms with van der Waals surface area (Å²) in [6.07, 6.45) is 1.70. The molecule has 0 spiro atoms. The first-order valence-electron chi connectivity index (χ1n) is 4.97. The van der Waals surface area contributed by atoms with E-state index in [1.165, 1.54) is 13.0 Å². The fourth-order valence-electron chi connectivity index (χ4n) is 2.18. The summed E-state index contributed by atoms with van der Waals surface area (Å²) >= 11 is 0. The normalized spacial score (nSPS) is 41.2. The Kier molecular flexibility index (Phi) is 2.63. The Morgan fingerprint density at radius 1 is 1.50 bits per heavy atom. The zero-order valence-electron chi connectivity index (χ0n) is 7.75. The van der Waals surface area contributed by atoms with Crippen LogP contribution in [0.25, 0.3) is 0 Å². The van der Waals surface area contributed by atoms with Gasteiger partial charge in [0.2, 0.25) is 0 Å². The van der Waals surface area contributed by atoms with Crippen molar-refractivity contribution in [1.82, 2.24) is 10.2 Å². The summed E-state index contributed by atoms with van der Waals surface area (Å²) in [6, 6.07) is 0.603. The van der Waals surface area contributed by atoms with Crippen LogP contribution < -0.4 is 5.32 Å². The van der Waals surface area contributed by atoms with E-state index in [2.05, 4.69) is 17.1 Å². The lowest BCUT2D eigenvalue weighted by Crippen LogP contribution is -2.57. The third-order valence-electron chi connectivity index (χ3n) is 2.85. The number of piperidine rings is 1. The van der Waals surface area contributed by atoms with Gasteiger partial charge in [0.15, 0.2) is 0 Å². The first-order chi connectivity index (χ1) is 5.90. The Morgan fingerprint density at radius 2 is 2.42 bits per heavy atom. The Labute approximate surface area is 74.1 Å². The smallest absolute Gasteiger partial charge is 0.0855 e. The van der Waals surface area contributed by atoms with Crippen LogP contribution in [0, 0.1) is 0 Å². The van der Waals surface area contributed by atoms with Gasteiger partial charge in [-0.1, -0.05) is 6.92 Å². The molecule has 0 radical (unpaired) electrons. The molecule has 0 amide bonds. The molecule has 3 heteroatoms. The largest absolute Gasteiger partial charge is 0.374 e. The molecule has 0 aliphatic carbocycles. The molecule has 2 heterocycles. The standard InChI is InChI=1S/C9H18N2O/c1-2-10-8-3-4-11-5-6-12-9(8)7-11/h8-10H,2-7H2,1H3/t8-,9-/m0/s1. The average Bonchev–Trinajstić information content (AvgIpc) is 2.11. The number of likely N-dealkylation sites (N-methyl/N-ethyl adjacent to an activating group) is 1. The fraction of sp³-hybridized carbons (Fsp3) is 1.00. The van der Waals surface area contributed by atoms with Gasteiger partial charge >= 0.3 is 0 Å². The second kappa shape index (κ2) is 3.73. The minimum atomic E-state index is 0.451.